The Morgan fingerprint density at radius 1 is 1.00 bits per heavy atom. The molecule has 0 amide bonds. The number of piperazine rings is 1. The van der Waals surface area contributed by atoms with Crippen molar-refractivity contribution in [1.29, 1.82) is 0 Å². The molecule has 0 bridgehead atoms. The summed E-state index contributed by atoms with van der Waals surface area (Å²) in [5.41, 5.74) is 1.60. The molecular weight excluding hydrogens is 375 g/mol. The third-order valence-electron chi connectivity index (χ3n) is 5.06. The maximum absolute atomic E-state index is 13.9. The standard InChI is InChI=1S/C22H29FN2O4/c1-27-21-8-7-17(13-22(21)28-2)15-29-16-18(26)14-24-9-11-25(12-10-24)20-6-4-3-5-19(20)23/h3-8,13,18,26H,9-12,14-16H2,1-2H3. The Labute approximate surface area is 171 Å². The number of nitrogens with zero attached hydrogens (tertiary/aromatic N) is 2. The van der Waals surface area contributed by atoms with Crippen molar-refractivity contribution in [3.63, 3.8) is 0 Å². The van der Waals surface area contributed by atoms with Crippen molar-refractivity contribution in [2.75, 3.05) is 58.5 Å². The molecule has 1 saturated heterocycles. The van der Waals surface area contributed by atoms with E-state index in [4.69, 9.17) is 14.2 Å². The number of hydrogen-bond acceptors (Lipinski definition) is 6. The number of rotatable bonds is 9. The lowest BCUT2D eigenvalue weighted by Crippen LogP contribution is -2.49. The Balaban J connectivity index is 1.39. The van der Waals surface area contributed by atoms with Crippen molar-refractivity contribution < 1.29 is 23.7 Å². The van der Waals surface area contributed by atoms with Gasteiger partial charge in [0.25, 0.3) is 0 Å². The van der Waals surface area contributed by atoms with E-state index in [1.54, 1.807) is 20.3 Å². The Morgan fingerprint density at radius 3 is 2.41 bits per heavy atom. The lowest BCUT2D eigenvalue weighted by atomic mass is 10.2. The van der Waals surface area contributed by atoms with Gasteiger partial charge in [0.05, 0.1) is 39.2 Å². The molecule has 2 aromatic rings. The van der Waals surface area contributed by atoms with E-state index in [1.807, 2.05) is 35.2 Å². The van der Waals surface area contributed by atoms with Crippen LogP contribution in [0.25, 0.3) is 0 Å². The Kier molecular flexibility index (Phi) is 7.69. The van der Waals surface area contributed by atoms with Gasteiger partial charge in [-0.05, 0) is 29.8 Å². The fourth-order valence-corrected chi connectivity index (χ4v) is 3.51. The summed E-state index contributed by atoms with van der Waals surface area (Å²) in [7, 11) is 3.19. The summed E-state index contributed by atoms with van der Waals surface area (Å²) in [5.74, 6) is 1.14. The van der Waals surface area contributed by atoms with E-state index in [0.29, 0.717) is 30.3 Å². The first kappa shape index (κ1) is 21.4. The van der Waals surface area contributed by atoms with Crippen molar-refractivity contribution in [1.82, 2.24) is 4.90 Å². The minimum absolute atomic E-state index is 0.190. The van der Waals surface area contributed by atoms with Crippen molar-refractivity contribution >= 4 is 5.69 Å². The van der Waals surface area contributed by atoms with Crippen LogP contribution in [0.4, 0.5) is 10.1 Å². The van der Waals surface area contributed by atoms with Crippen molar-refractivity contribution in [3.05, 3.63) is 53.8 Å². The number of para-hydroxylation sites is 1. The Morgan fingerprint density at radius 2 is 1.72 bits per heavy atom. The van der Waals surface area contributed by atoms with Gasteiger partial charge < -0.3 is 24.2 Å². The fraction of sp³-hybridized carbons (Fsp3) is 0.455. The van der Waals surface area contributed by atoms with Gasteiger partial charge in [0.2, 0.25) is 0 Å². The van der Waals surface area contributed by atoms with Crippen LogP contribution in [0.3, 0.4) is 0 Å². The summed E-state index contributed by atoms with van der Waals surface area (Å²) in [4.78, 5) is 4.23. The Hall–Kier alpha value is -2.35. The number of aliphatic hydroxyl groups is 1. The maximum atomic E-state index is 13.9. The van der Waals surface area contributed by atoms with Crippen molar-refractivity contribution in [2.45, 2.75) is 12.7 Å². The van der Waals surface area contributed by atoms with E-state index in [2.05, 4.69) is 4.90 Å². The van der Waals surface area contributed by atoms with Gasteiger partial charge in [0.1, 0.15) is 5.82 Å². The summed E-state index contributed by atoms with van der Waals surface area (Å²) in [6.07, 6.45) is -0.574. The van der Waals surface area contributed by atoms with Gasteiger partial charge in [-0.15, -0.1) is 0 Å². The molecule has 1 heterocycles. The zero-order chi connectivity index (χ0) is 20.6. The van der Waals surface area contributed by atoms with E-state index >= 15 is 0 Å². The van der Waals surface area contributed by atoms with Gasteiger partial charge >= 0.3 is 0 Å². The smallest absolute Gasteiger partial charge is 0.161 e. The van der Waals surface area contributed by atoms with Crippen LogP contribution in [-0.2, 0) is 11.3 Å². The van der Waals surface area contributed by atoms with Gasteiger partial charge in [0, 0.05) is 32.7 Å². The molecular formula is C22H29FN2O4. The van der Waals surface area contributed by atoms with E-state index in [9.17, 15) is 9.50 Å². The molecule has 1 N–H and O–H groups in total. The zero-order valence-electron chi connectivity index (χ0n) is 17.0. The molecule has 6 nitrogen and oxygen atoms in total. The van der Waals surface area contributed by atoms with Crippen LogP contribution in [0, 0.1) is 5.82 Å². The quantitative estimate of drug-likeness (QED) is 0.693. The SMILES string of the molecule is COc1ccc(COCC(O)CN2CCN(c3ccccc3F)CC2)cc1OC. The van der Waals surface area contributed by atoms with E-state index < -0.39 is 6.10 Å². The molecule has 1 aliphatic rings. The lowest BCUT2D eigenvalue weighted by Gasteiger charge is -2.37. The molecule has 0 aliphatic carbocycles. The molecule has 0 aromatic heterocycles. The van der Waals surface area contributed by atoms with E-state index in [1.165, 1.54) is 6.07 Å². The zero-order valence-corrected chi connectivity index (χ0v) is 17.0. The number of halogens is 1. The summed E-state index contributed by atoms with van der Waals surface area (Å²) in [5, 5.41) is 10.3. The second-order valence-electron chi connectivity index (χ2n) is 7.10. The van der Waals surface area contributed by atoms with Crippen LogP contribution >= 0.6 is 0 Å². The van der Waals surface area contributed by atoms with Crippen LogP contribution in [0.5, 0.6) is 11.5 Å². The average Bonchev–Trinajstić information content (AvgIpc) is 2.74. The largest absolute Gasteiger partial charge is 0.493 e. The first-order valence-electron chi connectivity index (χ1n) is 9.79. The van der Waals surface area contributed by atoms with Crippen molar-refractivity contribution in [2.24, 2.45) is 0 Å². The summed E-state index contributed by atoms with van der Waals surface area (Å²) >= 11 is 0. The number of anilines is 1. The van der Waals surface area contributed by atoms with Gasteiger partial charge in [-0.1, -0.05) is 18.2 Å². The van der Waals surface area contributed by atoms with Crippen LogP contribution in [0.1, 0.15) is 5.56 Å². The van der Waals surface area contributed by atoms with E-state index in [0.717, 1.165) is 31.7 Å². The number of benzene rings is 2. The molecule has 3 rings (SSSR count). The maximum Gasteiger partial charge on any atom is 0.161 e. The minimum Gasteiger partial charge on any atom is -0.493 e. The lowest BCUT2D eigenvalue weighted by molar-refractivity contribution is 0.00907. The van der Waals surface area contributed by atoms with Crippen LogP contribution in [0.15, 0.2) is 42.5 Å². The molecule has 1 atom stereocenters. The van der Waals surface area contributed by atoms with Crippen LogP contribution in [-0.4, -0.2) is 69.7 Å². The third kappa shape index (κ3) is 5.82. The predicted octanol–water partition coefficient (Wildman–Crippen LogP) is 2.54. The highest BCUT2D eigenvalue weighted by Gasteiger charge is 2.21. The molecule has 1 fully saturated rings. The monoisotopic (exact) mass is 404 g/mol. The first-order valence-corrected chi connectivity index (χ1v) is 9.79. The summed E-state index contributed by atoms with van der Waals surface area (Å²) < 4.78 is 30.1. The second kappa shape index (κ2) is 10.4. The molecule has 1 aliphatic heterocycles. The predicted molar refractivity (Wildman–Crippen MR) is 110 cm³/mol. The summed E-state index contributed by atoms with van der Waals surface area (Å²) in [6.45, 7) is 4.21. The van der Waals surface area contributed by atoms with Crippen molar-refractivity contribution in [3.8, 4) is 11.5 Å². The normalized spacial score (nSPS) is 15.9. The van der Waals surface area contributed by atoms with Crippen LogP contribution in [0.2, 0.25) is 0 Å². The van der Waals surface area contributed by atoms with Gasteiger partial charge in [-0.2, -0.15) is 0 Å². The highest BCUT2D eigenvalue weighted by atomic mass is 19.1. The molecule has 0 saturated carbocycles. The number of methoxy groups -OCH3 is 2. The highest BCUT2D eigenvalue weighted by molar-refractivity contribution is 5.48. The van der Waals surface area contributed by atoms with Gasteiger partial charge in [-0.3, -0.25) is 4.90 Å². The molecule has 7 heteroatoms. The number of hydrogen-bond donors (Lipinski definition) is 1. The molecule has 29 heavy (non-hydrogen) atoms. The molecule has 2 aromatic carbocycles. The third-order valence-corrected chi connectivity index (χ3v) is 5.06. The first-order chi connectivity index (χ1) is 14.1. The average molecular weight is 404 g/mol. The number of β-amino-alcohol motifs (C(OH)–C–C–N with tert-alkyl or cyclic N) is 1. The molecule has 0 radical (unpaired) electrons. The Bertz CT molecular complexity index is 781. The summed E-state index contributed by atoms with van der Waals surface area (Å²) in [6, 6.07) is 12.5. The molecule has 1 unspecified atom stereocenters. The second-order valence-corrected chi connectivity index (χ2v) is 7.10. The van der Waals surface area contributed by atoms with Gasteiger partial charge in [-0.25, -0.2) is 4.39 Å². The number of aliphatic hydroxyl groups excluding tert-OH is 1. The number of ether oxygens (including phenoxy) is 3. The van der Waals surface area contributed by atoms with Gasteiger partial charge in [0.15, 0.2) is 11.5 Å². The fourth-order valence-electron chi connectivity index (χ4n) is 3.51. The van der Waals surface area contributed by atoms with Crippen LogP contribution < -0.4 is 14.4 Å². The topological polar surface area (TPSA) is 54.4 Å². The minimum atomic E-state index is -0.574. The molecule has 0 spiro atoms. The highest BCUT2D eigenvalue weighted by Crippen LogP contribution is 2.27. The van der Waals surface area contributed by atoms with E-state index in [-0.39, 0.29) is 12.4 Å². The molecule has 158 valence electrons.